The van der Waals surface area contributed by atoms with Gasteiger partial charge in [-0.05, 0) is 64.8 Å². The molecule has 0 radical (unpaired) electrons. The molecule has 0 saturated carbocycles. The lowest BCUT2D eigenvalue weighted by Crippen LogP contribution is -2.09. The van der Waals surface area contributed by atoms with Crippen molar-refractivity contribution in [1.82, 2.24) is 4.98 Å². The summed E-state index contributed by atoms with van der Waals surface area (Å²) in [5.41, 5.74) is 1.60. The predicted octanol–water partition coefficient (Wildman–Crippen LogP) is 6.37. The van der Waals surface area contributed by atoms with Gasteiger partial charge < -0.3 is 4.74 Å². The minimum absolute atomic E-state index is 0.368. The highest BCUT2D eigenvalue weighted by molar-refractivity contribution is 9.10. The molecule has 6 heteroatoms. The lowest BCUT2D eigenvalue weighted by Gasteiger charge is -2.06. The molecule has 0 saturated heterocycles. The fourth-order valence-electron chi connectivity index (χ4n) is 1.91. The molecule has 26 heavy (non-hydrogen) atoms. The number of pyridine rings is 1. The van der Waals surface area contributed by atoms with Crippen LogP contribution in [-0.2, 0) is 9.53 Å². The molecule has 3 nitrogen and oxygen atoms in total. The molecule has 0 unspecified atom stereocenters. The maximum Gasteiger partial charge on any atom is 0.331 e. The molecule has 0 aliphatic heterocycles. The zero-order valence-corrected chi connectivity index (χ0v) is 17.0. The normalized spacial score (nSPS) is 12.9. The van der Waals surface area contributed by atoms with Crippen LogP contribution >= 0.6 is 39.1 Å². The van der Waals surface area contributed by atoms with E-state index in [1.54, 1.807) is 61.7 Å². The molecule has 1 aromatic carbocycles. The summed E-state index contributed by atoms with van der Waals surface area (Å²) in [7, 11) is 0. The van der Waals surface area contributed by atoms with E-state index in [0.717, 1.165) is 15.7 Å². The third-order valence-corrected chi connectivity index (χ3v) is 4.20. The number of benzene rings is 1. The highest BCUT2D eigenvalue weighted by atomic mass is 79.9. The van der Waals surface area contributed by atoms with E-state index in [1.807, 2.05) is 12.1 Å². The van der Waals surface area contributed by atoms with E-state index >= 15 is 0 Å². The molecular formula is C20H16BrCl2NO2. The Labute approximate surface area is 171 Å². The first-order chi connectivity index (χ1) is 12.4. The minimum atomic E-state index is -0.433. The Kier molecular flexibility index (Phi) is 8.10. The molecular weight excluding hydrogens is 437 g/mol. The minimum Gasteiger partial charge on any atom is -0.455 e. The number of halogens is 3. The van der Waals surface area contributed by atoms with Crippen molar-refractivity contribution in [2.75, 3.05) is 0 Å². The van der Waals surface area contributed by atoms with E-state index in [0.29, 0.717) is 10.0 Å². The molecule has 134 valence electrons. The number of carbonyl (C=O) groups excluding carboxylic acids is 1. The maximum absolute atomic E-state index is 11.8. The number of aromatic nitrogens is 1. The number of carbonyl (C=O) groups is 1. The van der Waals surface area contributed by atoms with Gasteiger partial charge in [0.05, 0.1) is 5.69 Å². The number of hydrogen-bond acceptors (Lipinski definition) is 3. The number of nitrogens with zero attached hydrogens (tertiary/aromatic N) is 1. The second kappa shape index (κ2) is 10.3. The molecule has 0 N–H and O–H groups in total. The average molecular weight is 453 g/mol. The van der Waals surface area contributed by atoms with Crippen molar-refractivity contribution in [3.05, 3.63) is 86.6 Å². The lowest BCUT2D eigenvalue weighted by atomic mass is 10.2. The molecule has 1 aromatic heterocycles. The van der Waals surface area contributed by atoms with Crippen LogP contribution in [0.1, 0.15) is 18.2 Å². The smallest absolute Gasteiger partial charge is 0.331 e. The van der Waals surface area contributed by atoms with E-state index in [-0.39, 0.29) is 6.10 Å². The number of hydrogen-bond donors (Lipinski definition) is 0. The first-order valence-corrected chi connectivity index (χ1v) is 9.29. The fourth-order valence-corrected chi connectivity index (χ4v) is 2.62. The van der Waals surface area contributed by atoms with Crippen LogP contribution in [0.15, 0.2) is 65.3 Å². The van der Waals surface area contributed by atoms with Gasteiger partial charge in [-0.1, -0.05) is 47.5 Å². The summed E-state index contributed by atoms with van der Waals surface area (Å²) in [6.45, 7) is 1.78. The lowest BCUT2D eigenvalue weighted by molar-refractivity contribution is -0.140. The van der Waals surface area contributed by atoms with Crippen molar-refractivity contribution in [3.8, 4) is 0 Å². The number of rotatable bonds is 6. The Balaban J connectivity index is 1.84. The first kappa shape index (κ1) is 20.4. The topological polar surface area (TPSA) is 39.2 Å². The van der Waals surface area contributed by atoms with Crippen LogP contribution < -0.4 is 0 Å². The molecule has 2 aromatic rings. The van der Waals surface area contributed by atoms with Crippen LogP contribution in [0.25, 0.3) is 12.2 Å². The summed E-state index contributed by atoms with van der Waals surface area (Å²) in [5.74, 6) is -0.433. The van der Waals surface area contributed by atoms with E-state index in [9.17, 15) is 4.79 Å². The molecule has 0 aliphatic carbocycles. The summed E-state index contributed by atoms with van der Waals surface area (Å²) in [4.78, 5) is 16.0. The summed E-state index contributed by atoms with van der Waals surface area (Å²) in [6.07, 6.45) is 11.4. The van der Waals surface area contributed by atoms with Gasteiger partial charge in [0.15, 0.2) is 0 Å². The van der Waals surface area contributed by atoms with Crippen LogP contribution in [0.3, 0.4) is 0 Å². The van der Waals surface area contributed by atoms with Crippen molar-refractivity contribution < 1.29 is 9.53 Å². The van der Waals surface area contributed by atoms with E-state index in [4.69, 9.17) is 27.9 Å². The third-order valence-electron chi connectivity index (χ3n) is 3.17. The zero-order chi connectivity index (χ0) is 18.9. The standard InChI is InChI=1S/C20H16BrCl2NO2/c1-14(6-10-18-11-8-16(21)13-24-18)26-20(25)5-3-2-4-15-7-9-17(22)12-19(15)23/h2-14H,1H3/b4-2+,5-3+,10-6-/t14-/m1/s1. The Morgan fingerprint density at radius 3 is 2.69 bits per heavy atom. The SMILES string of the molecule is C[C@H](/C=C\c1ccc(Br)cn1)OC(=O)/C=C/C=C/c1ccc(Cl)cc1Cl. The number of esters is 1. The van der Waals surface area contributed by atoms with Crippen LogP contribution in [0, 0.1) is 0 Å². The highest BCUT2D eigenvalue weighted by Gasteiger charge is 2.02. The Bertz CT molecular complexity index is 845. The quantitative estimate of drug-likeness (QED) is 0.290. The van der Waals surface area contributed by atoms with Gasteiger partial charge in [-0.15, -0.1) is 0 Å². The van der Waals surface area contributed by atoms with Crippen LogP contribution in [0.5, 0.6) is 0 Å². The summed E-state index contributed by atoms with van der Waals surface area (Å²) in [6, 6.07) is 8.97. The molecule has 1 atom stereocenters. The van der Waals surface area contributed by atoms with Gasteiger partial charge >= 0.3 is 5.97 Å². The fraction of sp³-hybridized carbons (Fsp3) is 0.100. The molecule has 2 rings (SSSR count). The number of ether oxygens (including phenoxy) is 1. The van der Waals surface area contributed by atoms with Crippen LogP contribution in [-0.4, -0.2) is 17.1 Å². The van der Waals surface area contributed by atoms with Crippen LogP contribution in [0.2, 0.25) is 10.0 Å². The van der Waals surface area contributed by atoms with Crippen molar-refractivity contribution in [3.63, 3.8) is 0 Å². The molecule has 0 spiro atoms. The van der Waals surface area contributed by atoms with Crippen molar-refractivity contribution >= 4 is 57.3 Å². The van der Waals surface area contributed by atoms with Gasteiger partial charge in [0, 0.05) is 26.8 Å². The van der Waals surface area contributed by atoms with Gasteiger partial charge in [0.2, 0.25) is 0 Å². The van der Waals surface area contributed by atoms with E-state index < -0.39 is 5.97 Å². The summed E-state index contributed by atoms with van der Waals surface area (Å²) in [5, 5.41) is 1.12. The van der Waals surface area contributed by atoms with Crippen molar-refractivity contribution in [1.29, 1.82) is 0 Å². The Morgan fingerprint density at radius 2 is 2.00 bits per heavy atom. The maximum atomic E-state index is 11.8. The largest absolute Gasteiger partial charge is 0.455 e. The van der Waals surface area contributed by atoms with Crippen molar-refractivity contribution in [2.24, 2.45) is 0 Å². The van der Waals surface area contributed by atoms with E-state index in [2.05, 4.69) is 20.9 Å². The Morgan fingerprint density at radius 1 is 1.19 bits per heavy atom. The second-order valence-corrected chi connectivity index (χ2v) is 7.05. The van der Waals surface area contributed by atoms with Crippen LogP contribution in [0.4, 0.5) is 0 Å². The average Bonchev–Trinajstić information content (AvgIpc) is 2.59. The molecule has 0 bridgehead atoms. The van der Waals surface area contributed by atoms with Crippen molar-refractivity contribution in [2.45, 2.75) is 13.0 Å². The zero-order valence-electron chi connectivity index (χ0n) is 13.9. The third kappa shape index (κ3) is 7.16. The van der Waals surface area contributed by atoms with Gasteiger partial charge in [-0.2, -0.15) is 0 Å². The molecule has 0 amide bonds. The summed E-state index contributed by atoms with van der Waals surface area (Å²) >= 11 is 15.2. The predicted molar refractivity (Wildman–Crippen MR) is 111 cm³/mol. The Hall–Kier alpha value is -1.88. The second-order valence-electron chi connectivity index (χ2n) is 5.29. The van der Waals surface area contributed by atoms with Gasteiger partial charge in [0.1, 0.15) is 6.10 Å². The van der Waals surface area contributed by atoms with Gasteiger partial charge in [-0.25, -0.2) is 4.79 Å². The molecule has 0 fully saturated rings. The monoisotopic (exact) mass is 451 g/mol. The summed E-state index contributed by atoms with van der Waals surface area (Å²) < 4.78 is 6.17. The molecule has 0 aliphatic rings. The van der Waals surface area contributed by atoms with Gasteiger partial charge in [0.25, 0.3) is 0 Å². The number of allylic oxidation sites excluding steroid dienone is 2. The van der Waals surface area contributed by atoms with E-state index in [1.165, 1.54) is 6.08 Å². The van der Waals surface area contributed by atoms with Gasteiger partial charge in [-0.3, -0.25) is 4.98 Å². The highest BCUT2D eigenvalue weighted by Crippen LogP contribution is 2.21. The first-order valence-electron chi connectivity index (χ1n) is 7.74. The molecule has 1 heterocycles.